The zero-order valence-electron chi connectivity index (χ0n) is 11.5. The first-order chi connectivity index (χ1) is 10.1. The van der Waals surface area contributed by atoms with Crippen LogP contribution in [-0.2, 0) is 4.74 Å². The van der Waals surface area contributed by atoms with Gasteiger partial charge in [0.05, 0.1) is 11.8 Å². The molecule has 0 aliphatic carbocycles. The molecule has 0 aromatic carbocycles. The van der Waals surface area contributed by atoms with Crippen molar-refractivity contribution in [1.29, 1.82) is 0 Å². The second kappa shape index (κ2) is 5.79. The first-order valence-electron chi connectivity index (χ1n) is 6.66. The summed E-state index contributed by atoms with van der Waals surface area (Å²) in [5.74, 6) is -0.130. The lowest BCUT2D eigenvalue weighted by molar-refractivity contribution is -0.389. The normalized spacial score (nSPS) is 22.2. The van der Waals surface area contributed by atoms with Crippen molar-refractivity contribution in [1.82, 2.24) is 4.98 Å². The molecule has 0 saturated carbocycles. The summed E-state index contributed by atoms with van der Waals surface area (Å²) in [6, 6.07) is 5.25. The van der Waals surface area contributed by atoms with Crippen LogP contribution in [0.2, 0.25) is 0 Å². The number of morpholine rings is 1. The third-order valence-electron chi connectivity index (χ3n) is 3.46. The maximum absolute atomic E-state index is 10.7. The molecular formula is C14H15N3O3S. The summed E-state index contributed by atoms with van der Waals surface area (Å²) < 4.78 is 5.98. The van der Waals surface area contributed by atoms with Crippen molar-refractivity contribution in [2.75, 3.05) is 18.0 Å². The highest BCUT2D eigenvalue weighted by atomic mass is 32.1. The van der Waals surface area contributed by atoms with E-state index in [1.54, 1.807) is 23.6 Å². The van der Waals surface area contributed by atoms with Gasteiger partial charge in [0.15, 0.2) is 6.20 Å². The van der Waals surface area contributed by atoms with Gasteiger partial charge in [-0.05, 0) is 45.3 Å². The maximum Gasteiger partial charge on any atom is 0.363 e. The highest BCUT2D eigenvalue weighted by Crippen LogP contribution is 2.29. The molecule has 0 amide bonds. The quantitative estimate of drug-likeness (QED) is 0.644. The summed E-state index contributed by atoms with van der Waals surface area (Å²) >= 11 is 1.65. The van der Waals surface area contributed by atoms with Gasteiger partial charge in [0, 0.05) is 19.2 Å². The van der Waals surface area contributed by atoms with Gasteiger partial charge in [-0.3, -0.25) is 0 Å². The van der Waals surface area contributed by atoms with E-state index in [0.29, 0.717) is 0 Å². The number of anilines is 1. The van der Waals surface area contributed by atoms with Crippen LogP contribution in [0.15, 0.2) is 35.2 Å². The Kier molecular flexibility index (Phi) is 3.85. The molecule has 3 heterocycles. The minimum Gasteiger partial charge on any atom is -0.367 e. The van der Waals surface area contributed by atoms with Crippen molar-refractivity contribution >= 4 is 22.8 Å². The molecule has 1 saturated heterocycles. The summed E-state index contributed by atoms with van der Waals surface area (Å²) in [6.07, 6.45) is 1.68. The first-order valence-corrected chi connectivity index (χ1v) is 7.60. The summed E-state index contributed by atoms with van der Waals surface area (Å²) in [5.41, 5.74) is 2.06. The van der Waals surface area contributed by atoms with Crippen LogP contribution < -0.4 is 4.90 Å². The molecule has 2 unspecified atom stereocenters. The van der Waals surface area contributed by atoms with Crippen LogP contribution >= 0.6 is 11.3 Å². The van der Waals surface area contributed by atoms with Gasteiger partial charge < -0.3 is 19.8 Å². The summed E-state index contributed by atoms with van der Waals surface area (Å²) in [6.45, 7) is 3.50. The number of thiophene rings is 1. The second-order valence-corrected chi connectivity index (χ2v) is 5.81. The van der Waals surface area contributed by atoms with Gasteiger partial charge in [-0.2, -0.15) is 11.3 Å². The van der Waals surface area contributed by atoms with Crippen LogP contribution in [0.1, 0.15) is 18.6 Å². The molecular weight excluding hydrogens is 290 g/mol. The zero-order valence-corrected chi connectivity index (χ0v) is 12.3. The van der Waals surface area contributed by atoms with Crippen molar-refractivity contribution in [2.24, 2.45) is 0 Å². The van der Waals surface area contributed by atoms with Crippen LogP contribution in [-0.4, -0.2) is 29.1 Å². The minimum absolute atomic E-state index is 0.0233. The lowest BCUT2D eigenvalue weighted by Gasteiger charge is -2.37. The van der Waals surface area contributed by atoms with Gasteiger partial charge in [-0.25, -0.2) is 0 Å². The van der Waals surface area contributed by atoms with Gasteiger partial charge >= 0.3 is 5.82 Å². The van der Waals surface area contributed by atoms with E-state index in [1.165, 1.54) is 11.6 Å². The van der Waals surface area contributed by atoms with E-state index in [1.807, 2.05) is 12.3 Å². The van der Waals surface area contributed by atoms with Crippen LogP contribution in [0.25, 0.3) is 0 Å². The summed E-state index contributed by atoms with van der Waals surface area (Å²) in [4.78, 5) is 16.2. The van der Waals surface area contributed by atoms with Gasteiger partial charge in [0.1, 0.15) is 6.10 Å². The predicted octanol–water partition coefficient (Wildman–Crippen LogP) is 3.02. The van der Waals surface area contributed by atoms with Crippen LogP contribution in [0.3, 0.4) is 0 Å². The van der Waals surface area contributed by atoms with Crippen LogP contribution in [0, 0.1) is 10.1 Å². The van der Waals surface area contributed by atoms with E-state index in [2.05, 4.69) is 21.3 Å². The predicted molar refractivity (Wildman–Crippen MR) is 80.7 cm³/mol. The molecule has 1 aliphatic heterocycles. The Bertz CT molecular complexity index is 615. The second-order valence-electron chi connectivity index (χ2n) is 5.03. The molecule has 0 radical (unpaired) electrons. The molecule has 0 spiro atoms. The fourth-order valence-corrected chi connectivity index (χ4v) is 3.18. The number of nitro groups is 1. The Morgan fingerprint density at radius 2 is 2.29 bits per heavy atom. The van der Waals surface area contributed by atoms with E-state index in [9.17, 15) is 10.1 Å². The lowest BCUT2D eigenvalue weighted by Crippen LogP contribution is -2.42. The van der Waals surface area contributed by atoms with Crippen molar-refractivity contribution in [3.05, 3.63) is 50.8 Å². The smallest absolute Gasteiger partial charge is 0.363 e. The third-order valence-corrected chi connectivity index (χ3v) is 4.16. The topological polar surface area (TPSA) is 68.5 Å². The Hall–Kier alpha value is -1.99. The molecule has 1 fully saturated rings. The number of hydrogen-bond donors (Lipinski definition) is 0. The number of hydrogen-bond acceptors (Lipinski definition) is 6. The molecule has 3 rings (SSSR count). The van der Waals surface area contributed by atoms with Crippen molar-refractivity contribution in [3.8, 4) is 0 Å². The van der Waals surface area contributed by atoms with E-state index < -0.39 is 4.92 Å². The van der Waals surface area contributed by atoms with E-state index in [-0.39, 0.29) is 18.0 Å². The van der Waals surface area contributed by atoms with Gasteiger partial charge in [-0.1, -0.05) is 0 Å². The molecule has 0 N–H and O–H groups in total. The van der Waals surface area contributed by atoms with Gasteiger partial charge in [0.25, 0.3) is 0 Å². The van der Waals surface area contributed by atoms with Crippen molar-refractivity contribution in [2.45, 2.75) is 19.1 Å². The molecule has 2 aromatic heterocycles. The largest absolute Gasteiger partial charge is 0.367 e. The Balaban J connectivity index is 1.79. The summed E-state index contributed by atoms with van der Waals surface area (Å²) in [5, 5.41) is 14.8. The van der Waals surface area contributed by atoms with Gasteiger partial charge in [0.2, 0.25) is 0 Å². The molecule has 2 atom stereocenters. The molecule has 21 heavy (non-hydrogen) atoms. The molecule has 1 aliphatic rings. The number of aromatic nitrogens is 1. The van der Waals surface area contributed by atoms with Crippen molar-refractivity contribution in [3.63, 3.8) is 0 Å². The Morgan fingerprint density at radius 1 is 1.43 bits per heavy atom. The fraction of sp³-hybridized carbons (Fsp3) is 0.357. The SMILES string of the molecule is CC1CN(c2ccc([N+](=O)[O-])nc2)CC(c2ccsc2)O1. The fourth-order valence-electron chi connectivity index (χ4n) is 2.48. The first kappa shape index (κ1) is 14.0. The standard InChI is InChI=1S/C14H15N3O3S/c1-10-7-16(8-13(20-10)11-4-5-21-9-11)12-2-3-14(15-6-12)17(18)19/h2-6,9-10,13H,7-8H2,1H3. The molecule has 110 valence electrons. The van der Waals surface area contributed by atoms with Crippen LogP contribution in [0.4, 0.5) is 11.5 Å². The molecule has 7 heteroatoms. The van der Waals surface area contributed by atoms with Crippen LogP contribution in [0.5, 0.6) is 0 Å². The van der Waals surface area contributed by atoms with Crippen molar-refractivity contribution < 1.29 is 9.66 Å². The molecule has 0 bridgehead atoms. The molecule has 6 nitrogen and oxygen atoms in total. The lowest BCUT2D eigenvalue weighted by atomic mass is 10.1. The van der Waals surface area contributed by atoms with E-state index >= 15 is 0 Å². The monoisotopic (exact) mass is 305 g/mol. The average molecular weight is 305 g/mol. The summed E-state index contributed by atoms with van der Waals surface area (Å²) in [7, 11) is 0. The minimum atomic E-state index is -0.486. The zero-order chi connectivity index (χ0) is 14.8. The van der Waals surface area contributed by atoms with E-state index in [0.717, 1.165) is 18.8 Å². The average Bonchev–Trinajstić information content (AvgIpc) is 3.01. The third kappa shape index (κ3) is 3.03. The Morgan fingerprint density at radius 3 is 2.90 bits per heavy atom. The molecule has 2 aromatic rings. The maximum atomic E-state index is 10.7. The van der Waals surface area contributed by atoms with Gasteiger partial charge in [-0.15, -0.1) is 0 Å². The Labute approximate surface area is 126 Å². The number of rotatable bonds is 3. The number of nitrogens with zero attached hydrogens (tertiary/aromatic N) is 3. The van der Waals surface area contributed by atoms with E-state index in [4.69, 9.17) is 4.74 Å². The number of pyridine rings is 1. The number of ether oxygens (including phenoxy) is 1. The highest BCUT2D eigenvalue weighted by Gasteiger charge is 2.27. The highest BCUT2D eigenvalue weighted by molar-refractivity contribution is 7.07.